The molecule has 0 bridgehead atoms. The van der Waals surface area contributed by atoms with Crippen molar-refractivity contribution in [2.45, 2.75) is 25.6 Å². The zero-order valence-corrected chi connectivity index (χ0v) is 7.24. The van der Waals surface area contributed by atoms with Crippen LogP contribution in [0.2, 0.25) is 0 Å². The Hall–Kier alpha value is -0.290. The molecule has 5 heteroatoms. The highest BCUT2D eigenvalue weighted by Gasteiger charge is 2.38. The molecule has 0 radical (unpaired) electrons. The molecule has 74 valence electrons. The SMILES string of the molecule is CCCNC(COC)C(F)(F)F. The van der Waals surface area contributed by atoms with Gasteiger partial charge in [-0.15, -0.1) is 0 Å². The lowest BCUT2D eigenvalue weighted by molar-refractivity contribution is -0.165. The van der Waals surface area contributed by atoms with Gasteiger partial charge in [-0.25, -0.2) is 0 Å². The maximum atomic E-state index is 12.1. The van der Waals surface area contributed by atoms with Gasteiger partial charge in [-0.3, -0.25) is 0 Å². The smallest absolute Gasteiger partial charge is 0.383 e. The lowest BCUT2D eigenvalue weighted by Gasteiger charge is -2.20. The third-order valence-electron chi connectivity index (χ3n) is 1.37. The Morgan fingerprint density at radius 2 is 2.00 bits per heavy atom. The Bertz CT molecular complexity index is 116. The number of hydrogen-bond acceptors (Lipinski definition) is 2. The molecule has 0 saturated carbocycles. The summed E-state index contributed by atoms with van der Waals surface area (Å²) in [5.74, 6) is 0. The number of rotatable bonds is 5. The number of hydrogen-bond donors (Lipinski definition) is 1. The van der Waals surface area contributed by atoms with Gasteiger partial charge in [0.05, 0.1) is 6.61 Å². The van der Waals surface area contributed by atoms with E-state index in [-0.39, 0.29) is 6.61 Å². The van der Waals surface area contributed by atoms with E-state index in [0.29, 0.717) is 13.0 Å². The van der Waals surface area contributed by atoms with Gasteiger partial charge in [0, 0.05) is 7.11 Å². The van der Waals surface area contributed by atoms with E-state index in [9.17, 15) is 13.2 Å². The van der Waals surface area contributed by atoms with Crippen LogP contribution in [0.5, 0.6) is 0 Å². The van der Waals surface area contributed by atoms with E-state index in [1.54, 1.807) is 0 Å². The Kier molecular flexibility index (Phi) is 5.24. The Labute approximate surface area is 70.1 Å². The Morgan fingerprint density at radius 3 is 2.33 bits per heavy atom. The predicted octanol–water partition coefficient (Wildman–Crippen LogP) is 1.56. The van der Waals surface area contributed by atoms with Crippen molar-refractivity contribution < 1.29 is 17.9 Å². The first-order chi connectivity index (χ1) is 5.52. The lowest BCUT2D eigenvalue weighted by atomic mass is 10.3. The van der Waals surface area contributed by atoms with Gasteiger partial charge >= 0.3 is 6.18 Å². The fourth-order valence-corrected chi connectivity index (χ4v) is 0.754. The van der Waals surface area contributed by atoms with E-state index >= 15 is 0 Å². The van der Waals surface area contributed by atoms with Crippen molar-refractivity contribution >= 4 is 0 Å². The minimum atomic E-state index is -4.22. The topological polar surface area (TPSA) is 21.3 Å². The second-order valence-corrected chi connectivity index (χ2v) is 2.50. The van der Waals surface area contributed by atoms with Crippen LogP contribution in [-0.4, -0.2) is 32.5 Å². The standard InChI is InChI=1S/C7H14F3NO/c1-3-4-11-6(5-12-2)7(8,9)10/h6,11H,3-5H2,1-2H3. The fraction of sp³-hybridized carbons (Fsp3) is 1.00. The second-order valence-electron chi connectivity index (χ2n) is 2.50. The first-order valence-corrected chi connectivity index (χ1v) is 3.81. The third kappa shape index (κ3) is 4.56. The molecule has 0 rings (SSSR count). The summed E-state index contributed by atoms with van der Waals surface area (Å²) in [5, 5.41) is 2.36. The average Bonchev–Trinajstić information content (AvgIpc) is 1.95. The lowest BCUT2D eigenvalue weighted by Crippen LogP contribution is -2.45. The van der Waals surface area contributed by atoms with Crippen LogP contribution in [0.3, 0.4) is 0 Å². The molecule has 0 saturated heterocycles. The molecule has 0 spiro atoms. The van der Waals surface area contributed by atoms with Crippen LogP contribution >= 0.6 is 0 Å². The van der Waals surface area contributed by atoms with Crippen molar-refractivity contribution in [3.8, 4) is 0 Å². The largest absolute Gasteiger partial charge is 0.406 e. The first kappa shape index (κ1) is 11.7. The summed E-state index contributed by atoms with van der Waals surface area (Å²) < 4.78 is 40.7. The second kappa shape index (κ2) is 5.37. The summed E-state index contributed by atoms with van der Waals surface area (Å²) in [7, 11) is 1.26. The van der Waals surface area contributed by atoms with Crippen molar-refractivity contribution in [1.82, 2.24) is 5.32 Å². The van der Waals surface area contributed by atoms with E-state index < -0.39 is 12.2 Å². The molecule has 0 amide bonds. The predicted molar refractivity (Wildman–Crippen MR) is 40.0 cm³/mol. The van der Waals surface area contributed by atoms with Crippen molar-refractivity contribution in [3.05, 3.63) is 0 Å². The summed E-state index contributed by atoms with van der Waals surface area (Å²) >= 11 is 0. The molecule has 1 N–H and O–H groups in total. The van der Waals surface area contributed by atoms with E-state index in [2.05, 4.69) is 10.1 Å². The minimum Gasteiger partial charge on any atom is -0.383 e. The van der Waals surface area contributed by atoms with Crippen LogP contribution in [0.15, 0.2) is 0 Å². The van der Waals surface area contributed by atoms with Crippen molar-refractivity contribution in [2.24, 2.45) is 0 Å². The van der Waals surface area contributed by atoms with Crippen molar-refractivity contribution in [1.29, 1.82) is 0 Å². The number of halogens is 3. The highest BCUT2D eigenvalue weighted by molar-refractivity contribution is 4.73. The monoisotopic (exact) mass is 185 g/mol. The Morgan fingerprint density at radius 1 is 1.42 bits per heavy atom. The van der Waals surface area contributed by atoms with Crippen molar-refractivity contribution in [3.63, 3.8) is 0 Å². The minimum absolute atomic E-state index is 0.330. The maximum absolute atomic E-state index is 12.1. The van der Waals surface area contributed by atoms with E-state index in [1.165, 1.54) is 7.11 Å². The van der Waals surface area contributed by atoms with Gasteiger partial charge in [-0.05, 0) is 13.0 Å². The van der Waals surface area contributed by atoms with Crippen LogP contribution in [0, 0.1) is 0 Å². The van der Waals surface area contributed by atoms with Gasteiger partial charge in [0.2, 0.25) is 0 Å². The summed E-state index contributed by atoms with van der Waals surface area (Å²) in [6.07, 6.45) is -3.54. The normalized spacial score (nSPS) is 14.8. The van der Waals surface area contributed by atoms with E-state index in [4.69, 9.17) is 0 Å². The molecule has 0 aliphatic heterocycles. The maximum Gasteiger partial charge on any atom is 0.406 e. The summed E-state index contributed by atoms with van der Waals surface area (Å²) in [6.45, 7) is 1.84. The zero-order valence-electron chi connectivity index (χ0n) is 7.24. The molecule has 1 atom stereocenters. The molecule has 0 aromatic rings. The van der Waals surface area contributed by atoms with Gasteiger partial charge in [-0.2, -0.15) is 13.2 Å². The van der Waals surface area contributed by atoms with Crippen LogP contribution in [0.4, 0.5) is 13.2 Å². The zero-order chi connectivity index (χ0) is 9.61. The third-order valence-corrected chi connectivity index (χ3v) is 1.37. The van der Waals surface area contributed by atoms with Crippen molar-refractivity contribution in [2.75, 3.05) is 20.3 Å². The van der Waals surface area contributed by atoms with Gasteiger partial charge in [0.25, 0.3) is 0 Å². The molecule has 0 aromatic heterocycles. The number of nitrogens with one attached hydrogen (secondary N) is 1. The summed E-state index contributed by atoms with van der Waals surface area (Å²) in [4.78, 5) is 0. The van der Waals surface area contributed by atoms with Gasteiger partial charge in [0.1, 0.15) is 6.04 Å². The molecular weight excluding hydrogens is 171 g/mol. The molecule has 0 aliphatic rings. The number of ether oxygens (including phenoxy) is 1. The fourth-order valence-electron chi connectivity index (χ4n) is 0.754. The van der Waals surface area contributed by atoms with Gasteiger partial charge in [-0.1, -0.05) is 6.92 Å². The summed E-state index contributed by atoms with van der Waals surface area (Å²) in [5.41, 5.74) is 0. The molecule has 0 aliphatic carbocycles. The highest BCUT2D eigenvalue weighted by atomic mass is 19.4. The number of methoxy groups -OCH3 is 1. The average molecular weight is 185 g/mol. The molecule has 12 heavy (non-hydrogen) atoms. The Balaban J connectivity index is 3.86. The van der Waals surface area contributed by atoms with Crippen LogP contribution < -0.4 is 5.32 Å². The van der Waals surface area contributed by atoms with Gasteiger partial charge in [0.15, 0.2) is 0 Å². The quantitative estimate of drug-likeness (QED) is 0.701. The number of alkyl halides is 3. The van der Waals surface area contributed by atoms with E-state index in [1.807, 2.05) is 6.92 Å². The summed E-state index contributed by atoms with van der Waals surface area (Å²) in [6, 6.07) is -1.54. The van der Waals surface area contributed by atoms with Crippen LogP contribution in [-0.2, 0) is 4.74 Å². The van der Waals surface area contributed by atoms with Crippen LogP contribution in [0.25, 0.3) is 0 Å². The van der Waals surface area contributed by atoms with Gasteiger partial charge < -0.3 is 10.1 Å². The highest BCUT2D eigenvalue weighted by Crippen LogP contribution is 2.20. The first-order valence-electron chi connectivity index (χ1n) is 3.81. The van der Waals surface area contributed by atoms with Crippen LogP contribution in [0.1, 0.15) is 13.3 Å². The van der Waals surface area contributed by atoms with E-state index in [0.717, 1.165) is 0 Å². The molecule has 1 unspecified atom stereocenters. The molecule has 2 nitrogen and oxygen atoms in total. The molecule has 0 fully saturated rings. The molecule has 0 aromatic carbocycles. The molecule has 0 heterocycles. The molecular formula is C7H14F3NO.